The Labute approximate surface area is 159 Å². The number of hydrogen-bond acceptors (Lipinski definition) is 6. The molecular weight excluding hydrogens is 348 g/mol. The molecule has 0 radical (unpaired) electrons. The maximum Gasteiger partial charge on any atom is 0.286 e. The standard InChI is InChI=1S/C21H28O6/c1-10-7-12(23)11-8-14-20(3,27-18(11)25-10)6-5-13-19(2,9-22)17-15(26-17)16(24)21(13,14)4/h10,13-15,17,22H,5-9H2,1-4H3/t10-,13-,14-,15-,17-,19+,20-,21-/m1/s1. The van der Waals surface area contributed by atoms with Crippen molar-refractivity contribution in [1.29, 1.82) is 0 Å². The number of carbonyl (C=O) groups excluding carboxylic acids is 2. The highest BCUT2D eigenvalue weighted by atomic mass is 16.7. The first-order valence-electron chi connectivity index (χ1n) is 10.1. The van der Waals surface area contributed by atoms with Gasteiger partial charge in [0.15, 0.2) is 11.6 Å². The number of aliphatic hydroxyl groups is 1. The number of Topliss-reactive ketones (excluding diaryl/α,β-unsaturated/α-hetero) is 2. The van der Waals surface area contributed by atoms with E-state index in [9.17, 15) is 14.7 Å². The van der Waals surface area contributed by atoms with Crippen LogP contribution >= 0.6 is 0 Å². The van der Waals surface area contributed by atoms with Crippen LogP contribution in [-0.4, -0.2) is 47.2 Å². The fourth-order valence-corrected chi connectivity index (χ4v) is 6.70. The van der Waals surface area contributed by atoms with Gasteiger partial charge in [-0.05, 0) is 39.0 Å². The minimum atomic E-state index is -0.690. The SMILES string of the molecule is C[C@@H]1CC(=O)C2=C(O1)O[C@]1(C)CC[C@@H]3[C@](C)(CO)[C@@H]4O[C@@H]4C(=O)[C@@]3(C)[C@@H]1C2. The van der Waals surface area contributed by atoms with E-state index < -0.39 is 22.5 Å². The van der Waals surface area contributed by atoms with E-state index in [1.54, 1.807) is 0 Å². The van der Waals surface area contributed by atoms with E-state index in [0.717, 1.165) is 12.8 Å². The Balaban J connectivity index is 1.60. The average Bonchev–Trinajstić information content (AvgIpc) is 3.40. The fourth-order valence-electron chi connectivity index (χ4n) is 6.70. The molecule has 5 aliphatic rings. The molecule has 148 valence electrons. The number of epoxide rings is 1. The lowest BCUT2D eigenvalue weighted by molar-refractivity contribution is -0.211. The minimum absolute atomic E-state index is 0.000498. The Morgan fingerprint density at radius 2 is 1.89 bits per heavy atom. The molecule has 2 saturated carbocycles. The Hall–Kier alpha value is -1.40. The molecule has 3 fully saturated rings. The van der Waals surface area contributed by atoms with Gasteiger partial charge in [0.25, 0.3) is 5.95 Å². The summed E-state index contributed by atoms with van der Waals surface area (Å²) in [6, 6.07) is 0. The van der Waals surface area contributed by atoms with Crippen LogP contribution < -0.4 is 0 Å². The van der Waals surface area contributed by atoms with E-state index in [2.05, 4.69) is 0 Å². The van der Waals surface area contributed by atoms with Crippen LogP contribution in [0, 0.1) is 22.7 Å². The molecule has 3 heterocycles. The molecule has 1 saturated heterocycles. The highest BCUT2D eigenvalue weighted by Crippen LogP contribution is 2.67. The van der Waals surface area contributed by atoms with Crippen molar-refractivity contribution in [1.82, 2.24) is 0 Å². The number of rotatable bonds is 1. The molecule has 0 aromatic heterocycles. The zero-order valence-corrected chi connectivity index (χ0v) is 16.4. The minimum Gasteiger partial charge on any atom is -0.462 e. The smallest absolute Gasteiger partial charge is 0.286 e. The molecule has 3 aliphatic heterocycles. The first-order valence-corrected chi connectivity index (χ1v) is 10.1. The first-order chi connectivity index (χ1) is 12.6. The van der Waals surface area contributed by atoms with E-state index in [0.29, 0.717) is 24.4 Å². The van der Waals surface area contributed by atoms with Gasteiger partial charge in [0.2, 0.25) is 0 Å². The van der Waals surface area contributed by atoms with Crippen molar-refractivity contribution in [2.75, 3.05) is 6.61 Å². The predicted octanol–water partition coefficient (Wildman–Crippen LogP) is 2.14. The molecule has 1 N–H and O–H groups in total. The summed E-state index contributed by atoms with van der Waals surface area (Å²) >= 11 is 0. The van der Waals surface area contributed by atoms with E-state index in [1.807, 2.05) is 27.7 Å². The summed E-state index contributed by atoms with van der Waals surface area (Å²) in [6.45, 7) is 7.97. The quantitative estimate of drug-likeness (QED) is 0.706. The third-order valence-electron chi connectivity index (χ3n) is 8.28. The molecule has 5 rings (SSSR count). The van der Waals surface area contributed by atoms with Crippen LogP contribution in [-0.2, 0) is 23.8 Å². The Morgan fingerprint density at radius 1 is 1.15 bits per heavy atom. The topological polar surface area (TPSA) is 85.4 Å². The van der Waals surface area contributed by atoms with Crippen molar-refractivity contribution in [3.63, 3.8) is 0 Å². The maximum atomic E-state index is 13.4. The highest BCUT2D eigenvalue weighted by Gasteiger charge is 2.75. The number of hydrogen-bond donors (Lipinski definition) is 1. The van der Waals surface area contributed by atoms with Gasteiger partial charge in [0.05, 0.1) is 18.3 Å². The summed E-state index contributed by atoms with van der Waals surface area (Å²) in [4.78, 5) is 26.1. The zero-order chi connectivity index (χ0) is 19.4. The van der Waals surface area contributed by atoms with Crippen LogP contribution in [0.5, 0.6) is 0 Å². The average molecular weight is 376 g/mol. The third-order valence-corrected chi connectivity index (χ3v) is 8.28. The largest absolute Gasteiger partial charge is 0.462 e. The van der Waals surface area contributed by atoms with Crippen molar-refractivity contribution < 1.29 is 28.9 Å². The van der Waals surface area contributed by atoms with Crippen molar-refractivity contribution in [3.05, 3.63) is 11.5 Å². The van der Waals surface area contributed by atoms with Gasteiger partial charge in [-0.15, -0.1) is 0 Å². The summed E-state index contributed by atoms with van der Waals surface area (Å²) < 4.78 is 17.9. The highest BCUT2D eigenvalue weighted by molar-refractivity contribution is 5.97. The predicted molar refractivity (Wildman–Crippen MR) is 94.5 cm³/mol. The Morgan fingerprint density at radius 3 is 2.59 bits per heavy atom. The zero-order valence-electron chi connectivity index (χ0n) is 16.4. The van der Waals surface area contributed by atoms with Crippen LogP contribution in [0.25, 0.3) is 0 Å². The van der Waals surface area contributed by atoms with E-state index in [1.165, 1.54) is 0 Å². The van der Waals surface area contributed by atoms with Gasteiger partial charge < -0.3 is 19.3 Å². The van der Waals surface area contributed by atoms with Crippen LogP contribution in [0.2, 0.25) is 0 Å². The summed E-state index contributed by atoms with van der Waals surface area (Å²) in [6.07, 6.45) is 1.59. The Bertz CT molecular complexity index is 773. The van der Waals surface area contributed by atoms with Crippen LogP contribution in [0.3, 0.4) is 0 Å². The van der Waals surface area contributed by atoms with Gasteiger partial charge >= 0.3 is 0 Å². The van der Waals surface area contributed by atoms with Crippen molar-refractivity contribution in [2.24, 2.45) is 22.7 Å². The molecule has 0 aromatic rings. The molecule has 6 heteroatoms. The van der Waals surface area contributed by atoms with Gasteiger partial charge in [-0.3, -0.25) is 9.59 Å². The number of aliphatic hydroxyl groups excluding tert-OH is 1. The fraction of sp³-hybridized carbons (Fsp3) is 0.810. The summed E-state index contributed by atoms with van der Waals surface area (Å²) in [5.74, 6) is 0.420. The molecule has 2 aliphatic carbocycles. The lowest BCUT2D eigenvalue weighted by Gasteiger charge is -2.61. The molecule has 0 spiro atoms. The van der Waals surface area contributed by atoms with Gasteiger partial charge in [-0.2, -0.15) is 0 Å². The van der Waals surface area contributed by atoms with E-state index in [-0.39, 0.29) is 42.2 Å². The number of ketones is 2. The second-order valence-electron chi connectivity index (χ2n) is 9.87. The van der Waals surface area contributed by atoms with Crippen molar-refractivity contribution in [2.45, 2.75) is 77.3 Å². The van der Waals surface area contributed by atoms with Crippen molar-refractivity contribution in [3.8, 4) is 0 Å². The van der Waals surface area contributed by atoms with Gasteiger partial charge in [-0.25, -0.2) is 0 Å². The van der Waals surface area contributed by atoms with Crippen LogP contribution in [0.15, 0.2) is 11.5 Å². The third kappa shape index (κ3) is 2.03. The Kier molecular flexibility index (Phi) is 3.37. The first kappa shape index (κ1) is 17.7. The molecule has 0 unspecified atom stereocenters. The monoisotopic (exact) mass is 376 g/mol. The van der Waals surface area contributed by atoms with Crippen LogP contribution in [0.1, 0.15) is 53.4 Å². The lowest BCUT2D eigenvalue weighted by Crippen LogP contribution is -2.66. The second-order valence-corrected chi connectivity index (χ2v) is 9.87. The summed E-state index contributed by atoms with van der Waals surface area (Å²) in [5, 5.41) is 10.2. The molecular formula is C21H28O6. The lowest BCUT2D eigenvalue weighted by atomic mass is 9.44. The van der Waals surface area contributed by atoms with Crippen molar-refractivity contribution >= 4 is 11.6 Å². The van der Waals surface area contributed by atoms with Gasteiger partial charge in [-0.1, -0.05) is 13.8 Å². The number of fused-ring (bicyclic) bond motifs is 4. The van der Waals surface area contributed by atoms with Gasteiger partial charge in [0.1, 0.15) is 17.8 Å². The van der Waals surface area contributed by atoms with Gasteiger partial charge in [0, 0.05) is 23.2 Å². The normalized spacial score (nSPS) is 53.4. The molecule has 0 aromatic carbocycles. The second kappa shape index (κ2) is 5.15. The number of allylic oxidation sites excluding steroid dienone is 1. The molecule has 6 nitrogen and oxygen atoms in total. The molecule has 0 amide bonds. The van der Waals surface area contributed by atoms with Crippen LogP contribution in [0.4, 0.5) is 0 Å². The van der Waals surface area contributed by atoms with E-state index >= 15 is 0 Å². The molecule has 0 bridgehead atoms. The summed E-state index contributed by atoms with van der Waals surface area (Å²) in [7, 11) is 0. The number of carbonyl (C=O) groups is 2. The molecule has 27 heavy (non-hydrogen) atoms. The number of ether oxygens (including phenoxy) is 3. The maximum absolute atomic E-state index is 13.4. The molecule has 8 atom stereocenters. The summed E-state index contributed by atoms with van der Waals surface area (Å²) in [5.41, 5.74) is -1.10. The van der Waals surface area contributed by atoms with E-state index in [4.69, 9.17) is 14.2 Å².